The number of ether oxygens (including phenoxy) is 1. The molecular weight excluding hydrogens is 376 g/mol. The summed E-state index contributed by atoms with van der Waals surface area (Å²) in [5.74, 6) is 0. The van der Waals surface area contributed by atoms with Crippen LogP contribution in [0.25, 0.3) is 0 Å². The van der Waals surface area contributed by atoms with E-state index in [0.717, 1.165) is 39.0 Å². The number of hydrogen-bond acceptors (Lipinski definition) is 4. The van der Waals surface area contributed by atoms with E-state index in [4.69, 9.17) is 9.72 Å². The van der Waals surface area contributed by atoms with Gasteiger partial charge in [-0.15, -0.1) is 11.3 Å². The van der Waals surface area contributed by atoms with Crippen LogP contribution in [0.1, 0.15) is 80.2 Å². The molecule has 2 aromatic heterocycles. The van der Waals surface area contributed by atoms with Crippen molar-refractivity contribution in [2.45, 2.75) is 88.7 Å². The van der Waals surface area contributed by atoms with Gasteiger partial charge in [0.05, 0.1) is 5.60 Å². The Morgan fingerprint density at radius 1 is 1.10 bits per heavy atom. The van der Waals surface area contributed by atoms with Gasteiger partial charge in [-0.2, -0.15) is 0 Å². The van der Waals surface area contributed by atoms with E-state index in [9.17, 15) is 0 Å². The third kappa shape index (κ3) is 5.10. The SMILES string of the molecule is CCCCc1ccc(CNCC[C@@]2(c3ccccn3)CCOC3(CCCC3)C2)s1. The molecule has 0 bridgehead atoms. The summed E-state index contributed by atoms with van der Waals surface area (Å²) in [5.41, 5.74) is 1.53. The summed E-state index contributed by atoms with van der Waals surface area (Å²) in [5, 5.41) is 3.73. The molecule has 2 aromatic rings. The van der Waals surface area contributed by atoms with Gasteiger partial charge in [0.15, 0.2) is 0 Å². The Kier molecular flexibility index (Phi) is 7.04. The molecular formula is C25H36N2OS. The first-order chi connectivity index (χ1) is 14.2. The van der Waals surface area contributed by atoms with Crippen molar-refractivity contribution in [2.75, 3.05) is 13.2 Å². The Morgan fingerprint density at radius 3 is 2.76 bits per heavy atom. The second kappa shape index (κ2) is 9.72. The standard InChI is InChI=1S/C25H36N2OS/c1-2-3-8-21-10-11-22(29-21)19-26-17-14-24(23-9-4-7-16-27-23)15-18-28-25(20-24)12-5-6-13-25/h4,7,9-11,16,26H,2-3,5-6,8,12-15,17-20H2,1H3/t24-/m1/s1. The summed E-state index contributed by atoms with van der Waals surface area (Å²) in [6.07, 6.45) is 14.2. The number of rotatable bonds is 9. The van der Waals surface area contributed by atoms with Crippen LogP contribution < -0.4 is 5.32 Å². The predicted molar refractivity (Wildman–Crippen MR) is 122 cm³/mol. The number of aryl methyl sites for hydroxylation is 1. The van der Waals surface area contributed by atoms with Gasteiger partial charge in [0.25, 0.3) is 0 Å². The van der Waals surface area contributed by atoms with E-state index in [1.54, 1.807) is 0 Å². The molecule has 4 heteroatoms. The second-order valence-corrected chi connectivity index (χ2v) is 10.3. The molecule has 4 rings (SSSR count). The molecule has 1 aliphatic carbocycles. The van der Waals surface area contributed by atoms with Gasteiger partial charge in [-0.25, -0.2) is 0 Å². The number of thiophene rings is 1. The Labute approximate surface area is 180 Å². The van der Waals surface area contributed by atoms with Crippen molar-refractivity contribution < 1.29 is 4.74 Å². The van der Waals surface area contributed by atoms with Crippen molar-refractivity contribution in [3.8, 4) is 0 Å². The van der Waals surface area contributed by atoms with E-state index >= 15 is 0 Å². The Morgan fingerprint density at radius 2 is 1.97 bits per heavy atom. The van der Waals surface area contributed by atoms with Gasteiger partial charge in [0, 0.05) is 40.2 Å². The zero-order chi connectivity index (χ0) is 20.0. The molecule has 0 aromatic carbocycles. The first-order valence-corrected chi connectivity index (χ1v) is 12.4. The Hall–Kier alpha value is -1.23. The summed E-state index contributed by atoms with van der Waals surface area (Å²) in [4.78, 5) is 7.81. The topological polar surface area (TPSA) is 34.2 Å². The van der Waals surface area contributed by atoms with E-state index in [2.05, 4.69) is 36.5 Å². The van der Waals surface area contributed by atoms with Crippen molar-refractivity contribution in [1.29, 1.82) is 0 Å². The molecule has 1 saturated heterocycles. The third-order valence-electron chi connectivity index (χ3n) is 6.95. The van der Waals surface area contributed by atoms with Gasteiger partial charge in [-0.3, -0.25) is 4.98 Å². The van der Waals surface area contributed by atoms with Crippen LogP contribution in [0.3, 0.4) is 0 Å². The molecule has 1 N–H and O–H groups in total. The monoisotopic (exact) mass is 412 g/mol. The largest absolute Gasteiger partial charge is 0.375 e. The first kappa shape index (κ1) is 21.0. The molecule has 3 heterocycles. The van der Waals surface area contributed by atoms with E-state index < -0.39 is 0 Å². The maximum absolute atomic E-state index is 6.37. The lowest BCUT2D eigenvalue weighted by Crippen LogP contribution is -2.47. The highest BCUT2D eigenvalue weighted by Gasteiger charge is 2.48. The van der Waals surface area contributed by atoms with Crippen LogP contribution in [-0.2, 0) is 23.1 Å². The smallest absolute Gasteiger partial charge is 0.0691 e. The van der Waals surface area contributed by atoms with Crippen molar-refractivity contribution in [2.24, 2.45) is 0 Å². The van der Waals surface area contributed by atoms with Crippen LogP contribution in [-0.4, -0.2) is 23.7 Å². The number of nitrogens with one attached hydrogen (secondary N) is 1. The number of nitrogens with zero attached hydrogens (tertiary/aromatic N) is 1. The average Bonchev–Trinajstić information content (AvgIpc) is 3.40. The van der Waals surface area contributed by atoms with Crippen molar-refractivity contribution in [3.05, 3.63) is 52.0 Å². The fourth-order valence-electron chi connectivity index (χ4n) is 5.34. The van der Waals surface area contributed by atoms with Crippen LogP contribution in [0.2, 0.25) is 0 Å². The average molecular weight is 413 g/mol. The number of unbranched alkanes of at least 4 members (excludes halogenated alkanes) is 1. The highest BCUT2D eigenvalue weighted by Crippen LogP contribution is 2.49. The first-order valence-electron chi connectivity index (χ1n) is 11.6. The maximum atomic E-state index is 6.37. The van der Waals surface area contributed by atoms with Crippen LogP contribution in [0.4, 0.5) is 0 Å². The highest BCUT2D eigenvalue weighted by molar-refractivity contribution is 7.11. The Balaban J connectivity index is 1.38. The maximum Gasteiger partial charge on any atom is 0.0691 e. The lowest BCUT2D eigenvalue weighted by Gasteiger charge is -2.46. The van der Waals surface area contributed by atoms with Gasteiger partial charge in [0.1, 0.15) is 0 Å². The minimum Gasteiger partial charge on any atom is -0.375 e. The van der Waals surface area contributed by atoms with Gasteiger partial charge >= 0.3 is 0 Å². The molecule has 2 fully saturated rings. The molecule has 1 spiro atoms. The minimum atomic E-state index is 0.109. The number of hydrogen-bond donors (Lipinski definition) is 1. The molecule has 3 nitrogen and oxygen atoms in total. The third-order valence-corrected chi connectivity index (χ3v) is 8.09. The van der Waals surface area contributed by atoms with Crippen LogP contribution in [0, 0.1) is 0 Å². The normalized spacial score (nSPS) is 23.6. The summed E-state index contributed by atoms with van der Waals surface area (Å²) in [7, 11) is 0. The summed E-state index contributed by atoms with van der Waals surface area (Å²) in [6, 6.07) is 11.0. The molecule has 158 valence electrons. The Bertz CT molecular complexity index is 753. The van der Waals surface area contributed by atoms with E-state index in [1.807, 2.05) is 23.6 Å². The highest BCUT2D eigenvalue weighted by atomic mass is 32.1. The number of pyridine rings is 1. The van der Waals surface area contributed by atoms with Gasteiger partial charge in [0.2, 0.25) is 0 Å². The van der Waals surface area contributed by atoms with Crippen molar-refractivity contribution in [3.63, 3.8) is 0 Å². The fraction of sp³-hybridized carbons (Fsp3) is 0.640. The molecule has 0 amide bonds. The predicted octanol–water partition coefficient (Wildman–Crippen LogP) is 6.03. The minimum absolute atomic E-state index is 0.109. The molecule has 1 saturated carbocycles. The van der Waals surface area contributed by atoms with Crippen LogP contribution in [0.15, 0.2) is 36.5 Å². The second-order valence-electron chi connectivity index (χ2n) is 9.06. The quantitative estimate of drug-likeness (QED) is 0.511. The fourth-order valence-corrected chi connectivity index (χ4v) is 6.37. The van der Waals surface area contributed by atoms with Crippen LogP contribution >= 0.6 is 11.3 Å². The van der Waals surface area contributed by atoms with E-state index in [-0.39, 0.29) is 11.0 Å². The molecule has 0 radical (unpaired) electrons. The number of aromatic nitrogens is 1. The molecule has 29 heavy (non-hydrogen) atoms. The van der Waals surface area contributed by atoms with E-state index in [1.165, 1.54) is 60.4 Å². The van der Waals surface area contributed by atoms with Gasteiger partial charge in [-0.1, -0.05) is 32.3 Å². The van der Waals surface area contributed by atoms with Crippen molar-refractivity contribution >= 4 is 11.3 Å². The molecule has 1 atom stereocenters. The molecule has 1 aliphatic heterocycles. The van der Waals surface area contributed by atoms with Crippen LogP contribution in [0.5, 0.6) is 0 Å². The van der Waals surface area contributed by atoms with E-state index in [0.29, 0.717) is 0 Å². The summed E-state index contributed by atoms with van der Waals surface area (Å²) >= 11 is 1.97. The lowest BCUT2D eigenvalue weighted by atomic mass is 9.68. The zero-order valence-electron chi connectivity index (χ0n) is 17.9. The summed E-state index contributed by atoms with van der Waals surface area (Å²) in [6.45, 7) is 5.16. The van der Waals surface area contributed by atoms with Gasteiger partial charge in [-0.05, 0) is 75.8 Å². The van der Waals surface area contributed by atoms with Gasteiger partial charge < -0.3 is 10.1 Å². The van der Waals surface area contributed by atoms with Crippen molar-refractivity contribution in [1.82, 2.24) is 10.3 Å². The summed E-state index contributed by atoms with van der Waals surface area (Å²) < 4.78 is 6.37. The molecule has 2 aliphatic rings. The molecule has 0 unspecified atom stereocenters. The lowest BCUT2D eigenvalue weighted by molar-refractivity contribution is -0.104. The zero-order valence-corrected chi connectivity index (χ0v) is 18.7.